The number of aryl methyl sites for hydroxylation is 1. The molecule has 0 heterocycles. The minimum absolute atomic E-state index is 0.0194. The summed E-state index contributed by atoms with van der Waals surface area (Å²) in [5.74, 6) is -0.435. The molecule has 0 radical (unpaired) electrons. The average molecular weight is 268 g/mol. The zero-order valence-electron chi connectivity index (χ0n) is 11.2. The van der Waals surface area contributed by atoms with Crippen LogP contribution in [0.25, 0.3) is 0 Å². The molecule has 0 aliphatic heterocycles. The molecule has 0 aliphatic carbocycles. The molecule has 1 aromatic carbocycles. The summed E-state index contributed by atoms with van der Waals surface area (Å²) >= 11 is 0. The van der Waals surface area contributed by atoms with Crippen molar-refractivity contribution in [1.29, 1.82) is 0 Å². The number of esters is 1. The Balaban J connectivity index is 2.34. The molecule has 0 unspecified atom stereocenters. The van der Waals surface area contributed by atoms with Crippen molar-refractivity contribution in [2.24, 2.45) is 0 Å². The van der Waals surface area contributed by atoms with Crippen LogP contribution in [-0.2, 0) is 16.0 Å². The second kappa shape index (κ2) is 6.43. The highest BCUT2D eigenvalue weighted by Gasteiger charge is 2.13. The van der Waals surface area contributed by atoms with Gasteiger partial charge in [-0.25, -0.2) is 0 Å². The smallest absolute Gasteiger partial charge is 0.306 e. The molecule has 0 aromatic heterocycles. The van der Waals surface area contributed by atoms with Crippen molar-refractivity contribution >= 4 is 5.97 Å². The highest BCUT2D eigenvalue weighted by molar-refractivity contribution is 5.69. The summed E-state index contributed by atoms with van der Waals surface area (Å²) in [6, 6.07) is 4.25. The molecule has 0 saturated carbocycles. The van der Waals surface area contributed by atoms with E-state index in [1.807, 2.05) is 0 Å². The van der Waals surface area contributed by atoms with Crippen LogP contribution in [0.3, 0.4) is 0 Å². The number of phenols is 2. The van der Waals surface area contributed by atoms with Gasteiger partial charge in [-0.3, -0.25) is 4.79 Å². The zero-order chi connectivity index (χ0) is 14.5. The van der Waals surface area contributed by atoms with E-state index < -0.39 is 5.60 Å². The van der Waals surface area contributed by atoms with Gasteiger partial charge in [0.2, 0.25) is 0 Å². The third-order valence-electron chi connectivity index (χ3n) is 2.64. The molecule has 19 heavy (non-hydrogen) atoms. The number of benzene rings is 1. The molecular weight excluding hydrogens is 248 g/mol. The van der Waals surface area contributed by atoms with Crippen molar-refractivity contribution in [3.63, 3.8) is 0 Å². The third-order valence-corrected chi connectivity index (χ3v) is 2.64. The van der Waals surface area contributed by atoms with Gasteiger partial charge in [-0.15, -0.1) is 0 Å². The molecular formula is C14H20O5. The first-order valence-corrected chi connectivity index (χ1v) is 6.17. The van der Waals surface area contributed by atoms with Crippen molar-refractivity contribution < 1.29 is 24.9 Å². The molecule has 3 N–H and O–H groups in total. The number of aromatic hydroxyl groups is 2. The molecule has 106 valence electrons. The van der Waals surface area contributed by atoms with E-state index in [2.05, 4.69) is 0 Å². The van der Waals surface area contributed by atoms with Gasteiger partial charge in [0.15, 0.2) is 0 Å². The maximum atomic E-state index is 11.4. The Kier molecular flexibility index (Phi) is 5.18. The number of aliphatic hydroxyl groups is 1. The molecule has 5 heteroatoms. The van der Waals surface area contributed by atoms with Crippen molar-refractivity contribution in [3.05, 3.63) is 23.8 Å². The van der Waals surface area contributed by atoms with Crippen LogP contribution in [0, 0.1) is 0 Å². The van der Waals surface area contributed by atoms with Crippen LogP contribution in [0.2, 0.25) is 0 Å². The van der Waals surface area contributed by atoms with E-state index in [-0.39, 0.29) is 30.5 Å². The number of hydrogen-bond donors (Lipinski definition) is 3. The Morgan fingerprint density at radius 1 is 1.32 bits per heavy atom. The van der Waals surface area contributed by atoms with Crippen LogP contribution in [0.5, 0.6) is 11.5 Å². The summed E-state index contributed by atoms with van der Waals surface area (Å²) in [6.07, 6.45) is 0.862. The molecule has 0 fully saturated rings. The summed E-state index contributed by atoms with van der Waals surface area (Å²) in [7, 11) is 0. The van der Waals surface area contributed by atoms with Crippen molar-refractivity contribution in [1.82, 2.24) is 0 Å². The van der Waals surface area contributed by atoms with Crippen LogP contribution in [0.1, 0.15) is 32.3 Å². The van der Waals surface area contributed by atoms with E-state index in [1.54, 1.807) is 19.9 Å². The Morgan fingerprint density at radius 2 is 2.00 bits per heavy atom. The van der Waals surface area contributed by atoms with Gasteiger partial charge in [0.25, 0.3) is 0 Å². The van der Waals surface area contributed by atoms with E-state index in [4.69, 9.17) is 9.84 Å². The van der Waals surface area contributed by atoms with Gasteiger partial charge in [0, 0.05) is 18.9 Å². The Labute approximate surface area is 112 Å². The molecule has 1 rings (SSSR count). The largest absolute Gasteiger partial charge is 0.508 e. The second-order valence-corrected chi connectivity index (χ2v) is 5.10. The quantitative estimate of drug-likeness (QED) is 0.684. The minimum atomic E-state index is -0.852. The highest BCUT2D eigenvalue weighted by Crippen LogP contribution is 2.23. The van der Waals surface area contributed by atoms with E-state index >= 15 is 0 Å². The first-order valence-electron chi connectivity index (χ1n) is 6.17. The fourth-order valence-corrected chi connectivity index (χ4v) is 1.49. The zero-order valence-corrected chi connectivity index (χ0v) is 11.2. The molecule has 0 bridgehead atoms. The first kappa shape index (κ1) is 15.3. The number of rotatable bonds is 6. The van der Waals surface area contributed by atoms with Crippen molar-refractivity contribution in [2.45, 2.75) is 38.7 Å². The van der Waals surface area contributed by atoms with E-state index in [0.717, 1.165) is 0 Å². The summed E-state index contributed by atoms with van der Waals surface area (Å²) < 4.78 is 4.97. The molecule has 0 saturated heterocycles. The van der Waals surface area contributed by atoms with E-state index in [1.165, 1.54) is 12.1 Å². The van der Waals surface area contributed by atoms with Gasteiger partial charge >= 0.3 is 5.97 Å². The molecule has 0 spiro atoms. The Hall–Kier alpha value is -1.75. The third kappa shape index (κ3) is 6.10. The number of carbonyl (C=O) groups is 1. The fraction of sp³-hybridized carbons (Fsp3) is 0.500. The number of carbonyl (C=O) groups excluding carboxylic acids is 1. The van der Waals surface area contributed by atoms with Crippen molar-refractivity contribution in [2.75, 3.05) is 6.61 Å². The topological polar surface area (TPSA) is 87.0 Å². The first-order chi connectivity index (χ1) is 8.78. The summed E-state index contributed by atoms with van der Waals surface area (Å²) in [6.45, 7) is 3.47. The Bertz CT molecular complexity index is 434. The molecule has 0 atom stereocenters. The van der Waals surface area contributed by atoms with Gasteiger partial charge in [0.1, 0.15) is 11.5 Å². The minimum Gasteiger partial charge on any atom is -0.508 e. The standard InChI is InChI=1S/C14H20O5/c1-14(2,18)7-8-19-13(17)6-4-10-3-5-11(15)9-12(10)16/h3,5,9,15-16,18H,4,6-8H2,1-2H3. The lowest BCUT2D eigenvalue weighted by Crippen LogP contribution is -2.22. The van der Waals surface area contributed by atoms with E-state index in [9.17, 15) is 15.0 Å². The lowest BCUT2D eigenvalue weighted by Gasteiger charge is -2.16. The predicted molar refractivity (Wildman–Crippen MR) is 70.0 cm³/mol. The van der Waals surface area contributed by atoms with E-state index in [0.29, 0.717) is 18.4 Å². The number of ether oxygens (including phenoxy) is 1. The number of hydrogen-bond acceptors (Lipinski definition) is 5. The van der Waals surface area contributed by atoms with Crippen molar-refractivity contribution in [3.8, 4) is 11.5 Å². The Morgan fingerprint density at radius 3 is 2.58 bits per heavy atom. The molecule has 0 amide bonds. The van der Waals surface area contributed by atoms with Crippen LogP contribution >= 0.6 is 0 Å². The highest BCUT2D eigenvalue weighted by atomic mass is 16.5. The maximum Gasteiger partial charge on any atom is 0.306 e. The number of phenolic OH excluding ortho intramolecular Hbond substituents is 2. The maximum absolute atomic E-state index is 11.4. The lowest BCUT2D eigenvalue weighted by molar-refractivity contribution is -0.144. The normalized spacial score (nSPS) is 11.3. The molecule has 5 nitrogen and oxygen atoms in total. The average Bonchev–Trinajstić information content (AvgIpc) is 2.26. The van der Waals surface area contributed by atoms with Gasteiger partial charge in [-0.2, -0.15) is 0 Å². The SMILES string of the molecule is CC(C)(O)CCOC(=O)CCc1ccc(O)cc1O. The summed E-state index contributed by atoms with van der Waals surface area (Å²) in [5.41, 5.74) is -0.271. The van der Waals surface area contributed by atoms with Gasteiger partial charge in [0.05, 0.1) is 12.2 Å². The van der Waals surface area contributed by atoms with Crippen LogP contribution in [0.4, 0.5) is 0 Å². The van der Waals surface area contributed by atoms with Gasteiger partial charge < -0.3 is 20.1 Å². The molecule has 0 aliphatic rings. The monoisotopic (exact) mass is 268 g/mol. The lowest BCUT2D eigenvalue weighted by atomic mass is 10.1. The summed E-state index contributed by atoms with van der Waals surface area (Å²) in [4.78, 5) is 11.4. The fourth-order valence-electron chi connectivity index (χ4n) is 1.49. The van der Waals surface area contributed by atoms with Gasteiger partial charge in [-0.1, -0.05) is 6.07 Å². The summed E-state index contributed by atoms with van der Waals surface area (Å²) in [5, 5.41) is 28.1. The second-order valence-electron chi connectivity index (χ2n) is 5.10. The predicted octanol–water partition coefficient (Wildman–Crippen LogP) is 1.73. The molecule has 1 aromatic rings. The van der Waals surface area contributed by atoms with Gasteiger partial charge in [-0.05, 0) is 31.9 Å². The van der Waals surface area contributed by atoms with Crippen LogP contribution < -0.4 is 0 Å². The van der Waals surface area contributed by atoms with Crippen LogP contribution in [-0.4, -0.2) is 33.5 Å². The van der Waals surface area contributed by atoms with Crippen LogP contribution in [0.15, 0.2) is 18.2 Å².